The molecule has 3 aromatic rings. The number of carbonyl (C=O) groups is 1. The molecule has 0 spiro atoms. The van der Waals surface area contributed by atoms with Gasteiger partial charge in [0.15, 0.2) is 11.4 Å². The normalized spacial score (nSPS) is 10.1. The van der Waals surface area contributed by atoms with Crippen molar-refractivity contribution < 1.29 is 13.6 Å². The molecule has 3 rings (SSSR count). The van der Waals surface area contributed by atoms with E-state index in [0.717, 1.165) is 27.5 Å². The number of aromatic nitrogens is 1. The van der Waals surface area contributed by atoms with Crippen LogP contribution >= 0.6 is 23.3 Å². The summed E-state index contributed by atoms with van der Waals surface area (Å²) >= 11 is 1.89. The first-order chi connectivity index (χ1) is 14.5. The molecule has 0 fully saturated rings. The minimum Gasteiger partial charge on any atom is -0.313 e. The van der Waals surface area contributed by atoms with Crippen LogP contribution in [0.3, 0.4) is 0 Å². The van der Waals surface area contributed by atoms with Crippen molar-refractivity contribution in [2.75, 3.05) is 11.9 Å². The third-order valence-corrected chi connectivity index (χ3v) is 5.29. The van der Waals surface area contributed by atoms with Gasteiger partial charge in [0, 0.05) is 10.6 Å². The predicted molar refractivity (Wildman–Crippen MR) is 118 cm³/mol. The molecule has 0 atom stereocenters. The second kappa shape index (κ2) is 12.0. The fourth-order valence-corrected chi connectivity index (χ4v) is 3.53. The summed E-state index contributed by atoms with van der Waals surface area (Å²) < 4.78 is 24.1. The molecule has 30 heavy (non-hydrogen) atoms. The number of aldehydes is 1. The number of nitriles is 1. The summed E-state index contributed by atoms with van der Waals surface area (Å²) in [5.74, 6) is -2.30. The van der Waals surface area contributed by atoms with Crippen LogP contribution in [0.2, 0.25) is 0 Å². The van der Waals surface area contributed by atoms with Gasteiger partial charge in [-0.1, -0.05) is 30.3 Å². The number of thiazole rings is 1. The monoisotopic (exact) mass is 446 g/mol. The van der Waals surface area contributed by atoms with E-state index in [1.165, 1.54) is 18.4 Å². The summed E-state index contributed by atoms with van der Waals surface area (Å²) in [4.78, 5) is 18.5. The molecule has 0 amide bonds. The van der Waals surface area contributed by atoms with E-state index in [4.69, 9.17) is 5.26 Å². The molecule has 2 aromatic carbocycles. The Balaban J connectivity index is 0.000000469. The minimum absolute atomic E-state index is 0.403. The predicted octanol–water partition coefficient (Wildman–Crippen LogP) is 5.55. The van der Waals surface area contributed by atoms with Crippen molar-refractivity contribution in [3.63, 3.8) is 0 Å². The van der Waals surface area contributed by atoms with Crippen LogP contribution in [0.15, 0.2) is 54.6 Å². The Labute approximate surface area is 182 Å². The van der Waals surface area contributed by atoms with E-state index in [1.807, 2.05) is 37.3 Å². The number of aryl methyl sites for hydroxylation is 1. The van der Waals surface area contributed by atoms with Crippen LogP contribution in [0, 0.1) is 18.3 Å². The standard InChI is InChI=1S/C19H15N3OS.C2H5F2NS/c1-14-18(13-23)21-19(24-14)22(12-16-5-3-2-4-6-16)17-9-7-15(11-20)8-10-17;1-5-6-2(3)4/h2-10,13H,12H2,1H3;2,5H,1H3. The average Bonchev–Trinajstić information content (AvgIpc) is 3.13. The Morgan fingerprint density at radius 2 is 1.90 bits per heavy atom. The molecule has 156 valence electrons. The van der Waals surface area contributed by atoms with Crippen LogP contribution in [0.4, 0.5) is 19.6 Å². The maximum absolute atomic E-state index is 11.1. The Morgan fingerprint density at radius 1 is 1.23 bits per heavy atom. The Hall–Kier alpha value is -2.80. The fraction of sp³-hybridized carbons (Fsp3) is 0.190. The number of rotatable bonds is 7. The zero-order valence-corrected chi connectivity index (χ0v) is 18.0. The van der Waals surface area contributed by atoms with Gasteiger partial charge in [0.2, 0.25) is 0 Å². The molecule has 0 unspecified atom stereocenters. The summed E-state index contributed by atoms with van der Waals surface area (Å²) in [6, 6.07) is 19.6. The molecule has 0 aliphatic rings. The third-order valence-electron chi connectivity index (χ3n) is 3.86. The van der Waals surface area contributed by atoms with Gasteiger partial charge in [-0.15, -0.1) is 11.3 Å². The highest BCUT2D eigenvalue weighted by Crippen LogP contribution is 2.32. The number of nitrogens with zero attached hydrogens (tertiary/aromatic N) is 3. The molecule has 9 heteroatoms. The van der Waals surface area contributed by atoms with E-state index < -0.39 is 5.76 Å². The quantitative estimate of drug-likeness (QED) is 0.379. The number of benzene rings is 2. The van der Waals surface area contributed by atoms with Crippen molar-refractivity contribution in [3.05, 3.63) is 76.3 Å². The second-order valence-electron chi connectivity index (χ2n) is 5.87. The van der Waals surface area contributed by atoms with Crippen LogP contribution in [-0.4, -0.2) is 24.1 Å². The first kappa shape index (κ1) is 23.5. The van der Waals surface area contributed by atoms with Gasteiger partial charge in [-0.2, -0.15) is 14.0 Å². The molecule has 0 saturated carbocycles. The minimum atomic E-state index is -2.30. The van der Waals surface area contributed by atoms with Crippen molar-refractivity contribution in [2.24, 2.45) is 0 Å². The van der Waals surface area contributed by atoms with E-state index in [9.17, 15) is 13.6 Å². The first-order valence-corrected chi connectivity index (χ1v) is 10.5. The van der Waals surface area contributed by atoms with Crippen molar-refractivity contribution in [3.8, 4) is 6.07 Å². The van der Waals surface area contributed by atoms with Gasteiger partial charge in [-0.25, -0.2) is 4.98 Å². The van der Waals surface area contributed by atoms with E-state index >= 15 is 0 Å². The number of carbonyl (C=O) groups excluding carboxylic acids is 1. The van der Waals surface area contributed by atoms with E-state index in [-0.39, 0.29) is 0 Å². The van der Waals surface area contributed by atoms with Gasteiger partial charge in [-0.3, -0.25) is 9.52 Å². The number of anilines is 2. The van der Waals surface area contributed by atoms with Crippen molar-refractivity contribution in [2.45, 2.75) is 19.2 Å². The lowest BCUT2D eigenvalue weighted by Gasteiger charge is -2.22. The Bertz CT molecular complexity index is 973. The SMILES string of the molecule is CNSC(F)F.Cc1sc(N(Cc2ccccc2)c2ccc(C#N)cc2)nc1C=O. The van der Waals surface area contributed by atoms with Gasteiger partial charge < -0.3 is 4.90 Å². The largest absolute Gasteiger partial charge is 0.313 e. The molecule has 0 aliphatic carbocycles. The lowest BCUT2D eigenvalue weighted by atomic mass is 10.2. The maximum atomic E-state index is 11.1. The molecule has 1 aromatic heterocycles. The summed E-state index contributed by atoms with van der Waals surface area (Å²) in [5, 5.41) is 9.75. The van der Waals surface area contributed by atoms with Gasteiger partial charge in [0.1, 0.15) is 5.69 Å². The van der Waals surface area contributed by atoms with Crippen molar-refractivity contribution >= 4 is 40.4 Å². The van der Waals surface area contributed by atoms with Crippen LogP contribution in [0.25, 0.3) is 0 Å². The first-order valence-electron chi connectivity index (χ1n) is 8.83. The highest BCUT2D eigenvalue weighted by atomic mass is 32.2. The van der Waals surface area contributed by atoms with Crippen LogP contribution in [0.5, 0.6) is 0 Å². The molecule has 0 radical (unpaired) electrons. The average molecular weight is 447 g/mol. The topological polar surface area (TPSA) is 69.0 Å². The second-order valence-corrected chi connectivity index (χ2v) is 8.05. The highest BCUT2D eigenvalue weighted by Gasteiger charge is 2.16. The van der Waals surface area contributed by atoms with Crippen molar-refractivity contribution in [1.82, 2.24) is 9.71 Å². The smallest absolute Gasteiger partial charge is 0.297 e. The van der Waals surface area contributed by atoms with Crippen molar-refractivity contribution in [1.29, 1.82) is 5.26 Å². The molecule has 5 nitrogen and oxygen atoms in total. The summed E-state index contributed by atoms with van der Waals surface area (Å²) in [6.07, 6.45) is 0.787. The maximum Gasteiger partial charge on any atom is 0.297 e. The van der Waals surface area contributed by atoms with E-state index in [0.29, 0.717) is 29.8 Å². The molecule has 0 saturated heterocycles. The molecule has 0 aliphatic heterocycles. The zero-order chi connectivity index (χ0) is 21.9. The number of alkyl halides is 2. The highest BCUT2D eigenvalue weighted by molar-refractivity contribution is 7.97. The lowest BCUT2D eigenvalue weighted by molar-refractivity contribution is 0.111. The number of hydrogen-bond donors (Lipinski definition) is 1. The van der Waals surface area contributed by atoms with Crippen LogP contribution in [0.1, 0.15) is 26.5 Å². The molecular weight excluding hydrogens is 426 g/mol. The van der Waals surface area contributed by atoms with E-state index in [2.05, 4.69) is 32.8 Å². The van der Waals surface area contributed by atoms with Gasteiger partial charge >= 0.3 is 0 Å². The molecule has 1 N–H and O–H groups in total. The van der Waals surface area contributed by atoms with Gasteiger partial charge in [-0.05, 0) is 55.7 Å². The molecular formula is C21H20F2N4OS2. The Kier molecular flexibility index (Phi) is 9.41. The zero-order valence-electron chi connectivity index (χ0n) is 16.4. The van der Waals surface area contributed by atoms with Gasteiger partial charge in [0.05, 0.1) is 18.2 Å². The van der Waals surface area contributed by atoms with Crippen LogP contribution in [-0.2, 0) is 6.54 Å². The number of halogens is 2. The third kappa shape index (κ3) is 6.91. The fourth-order valence-electron chi connectivity index (χ4n) is 2.46. The molecule has 1 heterocycles. The van der Waals surface area contributed by atoms with Gasteiger partial charge in [0.25, 0.3) is 5.76 Å². The summed E-state index contributed by atoms with van der Waals surface area (Å²) in [7, 11) is 1.46. The number of nitrogens with one attached hydrogen (secondary N) is 1. The lowest BCUT2D eigenvalue weighted by Crippen LogP contribution is -2.16. The van der Waals surface area contributed by atoms with E-state index in [1.54, 1.807) is 12.1 Å². The summed E-state index contributed by atoms with van der Waals surface area (Å²) in [6.45, 7) is 2.53. The number of hydrogen-bond acceptors (Lipinski definition) is 7. The Morgan fingerprint density at radius 3 is 2.37 bits per heavy atom. The van der Waals surface area contributed by atoms with Crippen LogP contribution < -0.4 is 9.62 Å². The molecule has 0 bridgehead atoms. The summed E-state index contributed by atoms with van der Waals surface area (Å²) in [5.41, 5.74) is 3.16.